The van der Waals surface area contributed by atoms with Gasteiger partial charge >= 0.3 is 5.76 Å². The van der Waals surface area contributed by atoms with Crippen LogP contribution in [0.3, 0.4) is 0 Å². The molecule has 7 heteroatoms. The van der Waals surface area contributed by atoms with Crippen LogP contribution >= 0.6 is 11.6 Å². The Kier molecular flexibility index (Phi) is 4.22. The standard InChI is InChI=1S/C15H18ClN3O3/c16-10-3-4-12-13(7-10)22-15(21)19(12)6-5-14(20)18-8-11(17)9-1-2-9/h3-4,7,9,11H,1-2,5-6,8,17H2,(H,18,20). The minimum atomic E-state index is -0.486. The first-order valence-corrected chi connectivity index (χ1v) is 7.73. The number of nitrogens with one attached hydrogen (secondary N) is 1. The van der Waals surface area contributed by atoms with E-state index in [1.165, 1.54) is 4.57 Å². The zero-order valence-corrected chi connectivity index (χ0v) is 12.8. The fraction of sp³-hybridized carbons (Fsp3) is 0.467. The molecule has 1 saturated carbocycles. The van der Waals surface area contributed by atoms with Crippen LogP contribution in [0.2, 0.25) is 5.02 Å². The van der Waals surface area contributed by atoms with Crippen LogP contribution in [0, 0.1) is 5.92 Å². The maximum atomic E-state index is 11.9. The number of carbonyl (C=O) groups excluding carboxylic acids is 1. The van der Waals surface area contributed by atoms with Gasteiger partial charge in [-0.15, -0.1) is 0 Å². The molecule has 1 aromatic heterocycles. The number of aryl methyl sites for hydroxylation is 1. The Hall–Kier alpha value is -1.79. The van der Waals surface area contributed by atoms with Gasteiger partial charge in [-0.05, 0) is 30.9 Å². The molecule has 0 radical (unpaired) electrons. The maximum absolute atomic E-state index is 11.9. The Labute approximate surface area is 132 Å². The van der Waals surface area contributed by atoms with Crippen LogP contribution in [-0.2, 0) is 11.3 Å². The lowest BCUT2D eigenvalue weighted by Crippen LogP contribution is -2.39. The molecule has 3 N–H and O–H groups in total. The van der Waals surface area contributed by atoms with Crippen LogP contribution in [0.5, 0.6) is 0 Å². The largest absolute Gasteiger partial charge is 0.419 e. The third kappa shape index (κ3) is 3.34. The van der Waals surface area contributed by atoms with Gasteiger partial charge in [0.05, 0.1) is 5.52 Å². The number of nitrogens with zero attached hydrogens (tertiary/aromatic N) is 1. The molecule has 0 aliphatic heterocycles. The van der Waals surface area contributed by atoms with E-state index < -0.39 is 5.76 Å². The molecule has 0 spiro atoms. The van der Waals surface area contributed by atoms with Gasteiger partial charge in [-0.1, -0.05) is 11.6 Å². The first-order chi connectivity index (χ1) is 10.5. The molecule has 6 nitrogen and oxygen atoms in total. The molecular weight excluding hydrogens is 306 g/mol. The fourth-order valence-electron chi connectivity index (χ4n) is 2.48. The molecule has 1 amide bonds. The van der Waals surface area contributed by atoms with Gasteiger partial charge in [-0.2, -0.15) is 0 Å². The van der Waals surface area contributed by atoms with E-state index in [0.717, 1.165) is 12.8 Å². The number of hydrogen-bond acceptors (Lipinski definition) is 4. The van der Waals surface area contributed by atoms with Gasteiger partial charge in [0.25, 0.3) is 0 Å². The van der Waals surface area contributed by atoms with Crippen molar-refractivity contribution in [2.75, 3.05) is 6.54 Å². The van der Waals surface area contributed by atoms with E-state index in [2.05, 4.69) is 5.32 Å². The average molecular weight is 324 g/mol. The van der Waals surface area contributed by atoms with Crippen LogP contribution in [0.4, 0.5) is 0 Å². The first kappa shape index (κ1) is 15.1. The van der Waals surface area contributed by atoms with Crippen molar-refractivity contribution in [1.82, 2.24) is 9.88 Å². The van der Waals surface area contributed by atoms with Gasteiger partial charge in [-0.25, -0.2) is 4.79 Å². The smallest absolute Gasteiger partial charge is 0.408 e. The van der Waals surface area contributed by atoms with Crippen molar-refractivity contribution < 1.29 is 9.21 Å². The summed E-state index contributed by atoms with van der Waals surface area (Å²) in [4.78, 5) is 23.7. The Morgan fingerprint density at radius 2 is 2.27 bits per heavy atom. The van der Waals surface area contributed by atoms with Crippen molar-refractivity contribution >= 4 is 28.6 Å². The molecule has 1 aromatic carbocycles. The quantitative estimate of drug-likeness (QED) is 0.842. The van der Waals surface area contributed by atoms with Crippen LogP contribution in [0.1, 0.15) is 19.3 Å². The fourth-order valence-corrected chi connectivity index (χ4v) is 2.64. The number of rotatable bonds is 6. The van der Waals surface area contributed by atoms with Crippen molar-refractivity contribution in [2.45, 2.75) is 31.8 Å². The summed E-state index contributed by atoms with van der Waals surface area (Å²) in [6, 6.07) is 5.01. The molecule has 1 unspecified atom stereocenters. The molecule has 118 valence electrons. The molecule has 1 aliphatic rings. The Morgan fingerprint density at radius 1 is 1.50 bits per heavy atom. The summed E-state index contributed by atoms with van der Waals surface area (Å²) in [6.07, 6.45) is 2.50. The van der Waals surface area contributed by atoms with Gasteiger partial charge in [0.1, 0.15) is 0 Å². The first-order valence-electron chi connectivity index (χ1n) is 7.36. The topological polar surface area (TPSA) is 90.3 Å². The van der Waals surface area contributed by atoms with E-state index in [0.29, 0.717) is 28.6 Å². The molecule has 1 aliphatic carbocycles. The SMILES string of the molecule is NC(CNC(=O)CCn1c(=O)oc2cc(Cl)ccc21)C1CC1. The van der Waals surface area contributed by atoms with Crippen molar-refractivity contribution in [2.24, 2.45) is 11.7 Å². The molecule has 0 bridgehead atoms. The third-order valence-corrected chi connectivity index (χ3v) is 4.19. The number of amides is 1. The summed E-state index contributed by atoms with van der Waals surface area (Å²) in [6.45, 7) is 0.748. The summed E-state index contributed by atoms with van der Waals surface area (Å²) in [5.41, 5.74) is 6.99. The number of oxazole rings is 1. The second kappa shape index (κ2) is 6.14. The monoisotopic (exact) mass is 323 g/mol. The lowest BCUT2D eigenvalue weighted by atomic mass is 10.2. The number of aromatic nitrogens is 1. The molecule has 1 heterocycles. The van der Waals surface area contributed by atoms with E-state index in [4.69, 9.17) is 21.8 Å². The van der Waals surface area contributed by atoms with E-state index in [-0.39, 0.29) is 24.9 Å². The number of benzene rings is 1. The van der Waals surface area contributed by atoms with E-state index in [9.17, 15) is 9.59 Å². The van der Waals surface area contributed by atoms with Crippen molar-refractivity contribution in [3.63, 3.8) is 0 Å². The van der Waals surface area contributed by atoms with E-state index >= 15 is 0 Å². The number of nitrogens with two attached hydrogens (primary N) is 1. The van der Waals surface area contributed by atoms with Gasteiger partial charge in [0, 0.05) is 36.6 Å². The summed E-state index contributed by atoms with van der Waals surface area (Å²) < 4.78 is 6.56. The summed E-state index contributed by atoms with van der Waals surface area (Å²) in [7, 11) is 0. The number of fused-ring (bicyclic) bond motifs is 1. The number of carbonyl (C=O) groups is 1. The second-order valence-corrected chi connectivity index (χ2v) is 6.12. The summed E-state index contributed by atoms with van der Waals surface area (Å²) >= 11 is 5.86. The molecule has 3 rings (SSSR count). The minimum absolute atomic E-state index is 0.0311. The van der Waals surface area contributed by atoms with E-state index in [1.54, 1.807) is 18.2 Å². The normalized spacial score (nSPS) is 15.9. The zero-order chi connectivity index (χ0) is 15.7. The van der Waals surface area contributed by atoms with Crippen molar-refractivity contribution in [3.8, 4) is 0 Å². The van der Waals surface area contributed by atoms with Gasteiger partial charge in [0.2, 0.25) is 5.91 Å². The Balaban J connectivity index is 1.60. The molecule has 0 saturated heterocycles. The number of halogens is 1. The van der Waals surface area contributed by atoms with Crippen LogP contribution in [0.25, 0.3) is 11.1 Å². The molecular formula is C15H18ClN3O3. The number of hydrogen-bond donors (Lipinski definition) is 2. The summed E-state index contributed by atoms with van der Waals surface area (Å²) in [5, 5.41) is 3.31. The Bertz CT molecular complexity index is 748. The minimum Gasteiger partial charge on any atom is -0.408 e. The lowest BCUT2D eigenvalue weighted by molar-refractivity contribution is -0.121. The highest BCUT2D eigenvalue weighted by atomic mass is 35.5. The predicted molar refractivity (Wildman–Crippen MR) is 83.8 cm³/mol. The highest BCUT2D eigenvalue weighted by Crippen LogP contribution is 2.31. The van der Waals surface area contributed by atoms with Crippen molar-refractivity contribution in [3.05, 3.63) is 33.8 Å². The van der Waals surface area contributed by atoms with Gasteiger partial charge < -0.3 is 15.5 Å². The predicted octanol–water partition coefficient (Wildman–Crippen LogP) is 1.49. The zero-order valence-electron chi connectivity index (χ0n) is 12.0. The second-order valence-electron chi connectivity index (χ2n) is 5.69. The highest BCUT2D eigenvalue weighted by Gasteiger charge is 2.28. The van der Waals surface area contributed by atoms with Crippen LogP contribution in [0.15, 0.2) is 27.4 Å². The third-order valence-electron chi connectivity index (χ3n) is 3.96. The van der Waals surface area contributed by atoms with Crippen molar-refractivity contribution in [1.29, 1.82) is 0 Å². The van der Waals surface area contributed by atoms with Crippen LogP contribution < -0.4 is 16.8 Å². The maximum Gasteiger partial charge on any atom is 0.419 e. The average Bonchev–Trinajstić information content (AvgIpc) is 3.27. The molecule has 1 atom stereocenters. The molecule has 22 heavy (non-hydrogen) atoms. The Morgan fingerprint density at radius 3 is 3.00 bits per heavy atom. The van der Waals surface area contributed by atoms with E-state index in [1.807, 2.05) is 0 Å². The molecule has 2 aromatic rings. The van der Waals surface area contributed by atoms with Crippen LogP contribution in [-0.4, -0.2) is 23.1 Å². The highest BCUT2D eigenvalue weighted by molar-refractivity contribution is 6.31. The molecule has 1 fully saturated rings. The lowest BCUT2D eigenvalue weighted by Gasteiger charge is -2.11. The van der Waals surface area contributed by atoms with Gasteiger partial charge in [-0.3, -0.25) is 9.36 Å². The summed E-state index contributed by atoms with van der Waals surface area (Å²) in [5.74, 6) is -0.0588. The van der Waals surface area contributed by atoms with Gasteiger partial charge in [0.15, 0.2) is 5.58 Å².